The highest BCUT2D eigenvalue weighted by Gasteiger charge is 2.43. The average Bonchev–Trinajstić information content (AvgIpc) is 1.70. The first-order chi connectivity index (χ1) is 70.0. The molecule has 0 radical (unpaired) electrons. The Morgan fingerprint density at radius 2 is 0.758 bits per heavy atom. The number of hydrogen-bond acceptors (Lipinski definition) is 24. The van der Waals surface area contributed by atoms with Crippen molar-refractivity contribution in [1.82, 2.24) is 58.1 Å². The van der Waals surface area contributed by atoms with E-state index in [1.165, 1.54) is 76.5 Å². The van der Waals surface area contributed by atoms with Gasteiger partial charge in [-0.25, -0.2) is 0 Å². The van der Waals surface area contributed by atoms with Crippen molar-refractivity contribution in [1.29, 1.82) is 0 Å². The molecule has 1 aliphatic rings. The summed E-state index contributed by atoms with van der Waals surface area (Å²) in [5.74, 6) is -18.9. The summed E-state index contributed by atoms with van der Waals surface area (Å²) >= 11 is 0. The van der Waals surface area contributed by atoms with Crippen LogP contribution in [0.1, 0.15) is 343 Å². The van der Waals surface area contributed by atoms with Crippen LogP contribution in [0, 0.1) is 71.0 Å². The Bertz CT molecular complexity index is 4340. The highest BCUT2D eigenvalue weighted by molar-refractivity contribution is 6.02. The van der Waals surface area contributed by atoms with E-state index in [0.717, 1.165) is 19.3 Å². The van der Waals surface area contributed by atoms with Crippen molar-refractivity contribution in [2.24, 2.45) is 148 Å². The molecule has 0 aromatic heterocycles. The van der Waals surface area contributed by atoms with Gasteiger partial charge in [0.2, 0.25) is 76.8 Å². The number of ketones is 6. The van der Waals surface area contributed by atoms with Crippen molar-refractivity contribution in [2.75, 3.05) is 45.9 Å². The van der Waals surface area contributed by atoms with Gasteiger partial charge >= 0.3 is 0 Å². The van der Waals surface area contributed by atoms with Gasteiger partial charge in [-0.05, 0) is 140 Å². The third-order valence-corrected chi connectivity index (χ3v) is 26.4. The summed E-state index contributed by atoms with van der Waals surface area (Å²) in [6.45, 7) is 31.3. The van der Waals surface area contributed by atoms with E-state index >= 15 is 0 Å². The molecule has 1 rings (SSSR count). The predicted molar refractivity (Wildman–Crippen MR) is 575 cm³/mol. The van der Waals surface area contributed by atoms with Crippen molar-refractivity contribution in [3.05, 3.63) is 0 Å². The average molecular weight is 2110 g/mol. The standard InChI is InChI=1S/C73H131N15O13.C31H58N10O7/c1-14-17-18-19-20-21-22-23-24-25-26-27-28-35-62(94)81-50(13)65(95)87-64(47(10)15-2)70(100)86-63(46(8)9)69(99)84-54(33-30-37-80-73(77)78)71(101)88-38-31-34-56(88)60(92)43-53(45(6)7)68(98)83-49(12)59(91)41-52(42-61(74)93)67(97)82-48(11)58(90)40-51(32-29-36-79-72(75)76)66(96)85-55(39-44(4)5)57(89)16-3;1-17(2)12-22(40-27(46)19(5)8-6-10-37-30(33)34)23(43)13-20(9-7-11-38-31(35)36)29(48)41-26(18(3)4)24(44)14-21(16-42)28(47)39-15-25(32)45/h44-56,63-64H,14-43H2,1-13H3,(H2,74,93)(H,81,94)(H,82,97)(H,83,98)(H,84,99)(H,85,96)(H,86,100)(H,87,95)(H4,75,76,79)(H4,77,78,80);17-22,26,42H,6-16H2,1-5H3,(H2,32,45)(H,39,47)(H,40,46)(H,41,48)(H4,33,34,37)(H4,35,36,38)/t47-,48-,49-,50-,51+,52-,53-,54-,55-,56-,63-,64-;19-,20+,21-,22-,26-/m00/s1. The van der Waals surface area contributed by atoms with Gasteiger partial charge in [0, 0.05) is 108 Å². The second-order valence-electron chi connectivity index (χ2n) is 41.8. The molecule has 0 aromatic carbocycles. The lowest BCUT2D eigenvalue weighted by molar-refractivity contribution is -0.142. The lowest BCUT2D eigenvalue weighted by Crippen LogP contribution is -2.60. The molecule has 13 amide bonds. The molecule has 45 heteroatoms. The van der Waals surface area contributed by atoms with E-state index in [9.17, 15) is 96.2 Å². The maximum atomic E-state index is 14.8. The number of carbonyl (C=O) groups excluding carboxylic acids is 19. The number of nitrogens with zero attached hydrogens (tertiary/aromatic N) is 5. The summed E-state index contributed by atoms with van der Waals surface area (Å²) in [6, 6.07) is -10.7. The van der Waals surface area contributed by atoms with Gasteiger partial charge < -0.3 is 121 Å². The third-order valence-electron chi connectivity index (χ3n) is 26.4. The van der Waals surface area contributed by atoms with Crippen LogP contribution >= 0.6 is 0 Å². The summed E-state index contributed by atoms with van der Waals surface area (Å²) < 4.78 is 0. The molecule has 31 N–H and O–H groups in total. The first-order valence-corrected chi connectivity index (χ1v) is 53.8. The minimum absolute atomic E-state index is 0.0153. The molecule has 17 atom stereocenters. The highest BCUT2D eigenvalue weighted by Crippen LogP contribution is 2.29. The maximum Gasteiger partial charge on any atom is 0.245 e. The SMILES string of the molecule is CC(C)C[C@H](NC(=O)[C@@H](C)CCCN=C(N)N)C(=O)C[C@@H](CCCN=C(N)N)C(=O)N[C@H](C(=O)C[C@@H](CO)C(=O)NCC(N)=O)C(C)C.CCCCCCCCCCCCCCCC(=O)N[C@@H](C)C(=O)N[C@H](C(=O)N[C@H](C(=O)N[C@@H](CCCN=C(N)N)C(=O)N1CCC[C@H]1C(=O)C[C@H](C(=O)N[C@@H](C)C(=O)C[C@@H](CC(N)=O)C(=O)N[C@@H](C)C(=O)C[C@@H](CCCN=C(N)N)C(=O)N[C@@H](CC(C)C)C(=O)CC)C(C)C)C(C)C)[C@@H](C)CC. The molecule has 850 valence electrons. The molecule has 149 heavy (non-hydrogen) atoms. The van der Waals surface area contributed by atoms with Crippen LogP contribution in [0.3, 0.4) is 0 Å². The number of primary amides is 2. The molecule has 0 bridgehead atoms. The van der Waals surface area contributed by atoms with Gasteiger partial charge in [-0.2, -0.15) is 0 Å². The summed E-state index contributed by atoms with van der Waals surface area (Å²) in [7, 11) is 0. The number of hydrogen-bond donors (Lipinski definition) is 21. The van der Waals surface area contributed by atoms with E-state index in [1.807, 2.05) is 34.6 Å². The van der Waals surface area contributed by atoms with Gasteiger partial charge in [-0.1, -0.05) is 187 Å². The summed E-state index contributed by atoms with van der Waals surface area (Å²) in [4.78, 5) is 273. The number of nitrogens with one attached hydrogen (secondary N) is 10. The van der Waals surface area contributed by atoms with Crippen LogP contribution in [0.2, 0.25) is 0 Å². The van der Waals surface area contributed by atoms with E-state index < -0.39 is 240 Å². The van der Waals surface area contributed by atoms with E-state index in [4.69, 9.17) is 57.3 Å². The number of carbonyl (C=O) groups is 19. The number of rotatable bonds is 80. The fraction of sp³-hybridized carbons (Fsp3) is 0.779. The number of Topliss-reactive ketones (excluding diaryl/α,β-unsaturated/α-hetero) is 6. The Morgan fingerprint density at radius 3 is 1.21 bits per heavy atom. The van der Waals surface area contributed by atoms with Gasteiger partial charge in [-0.15, -0.1) is 0 Å². The van der Waals surface area contributed by atoms with Crippen LogP contribution in [0.15, 0.2) is 20.0 Å². The Balaban J connectivity index is 0.00000380. The van der Waals surface area contributed by atoms with Crippen LogP contribution < -0.4 is 111 Å². The van der Waals surface area contributed by atoms with Crippen molar-refractivity contribution in [3.8, 4) is 0 Å². The van der Waals surface area contributed by atoms with E-state index in [2.05, 4.69) is 80.1 Å². The van der Waals surface area contributed by atoms with Crippen LogP contribution in [0.4, 0.5) is 0 Å². The number of amides is 13. The normalized spacial score (nSPS) is 15.5. The summed E-state index contributed by atoms with van der Waals surface area (Å²) in [6.07, 6.45) is 17.3. The molecule has 1 aliphatic heterocycles. The topological polar surface area (TPSA) is 778 Å². The predicted octanol–water partition coefficient (Wildman–Crippen LogP) is 3.15. The Morgan fingerprint density at radius 1 is 0.349 bits per heavy atom. The quantitative estimate of drug-likeness (QED) is 0.0236. The first kappa shape index (κ1) is 137. The molecule has 0 aliphatic carbocycles. The third kappa shape index (κ3) is 58.8. The van der Waals surface area contributed by atoms with E-state index in [-0.39, 0.29) is 149 Å². The fourth-order valence-electron chi connectivity index (χ4n) is 17.2. The summed E-state index contributed by atoms with van der Waals surface area (Å²) in [5, 5.41) is 36.8. The monoisotopic (exact) mass is 2110 g/mol. The van der Waals surface area contributed by atoms with Gasteiger partial charge in [0.05, 0.1) is 61.2 Å². The molecule has 1 heterocycles. The van der Waals surface area contributed by atoms with Crippen LogP contribution in [-0.2, 0) is 91.1 Å². The summed E-state index contributed by atoms with van der Waals surface area (Å²) in [5.41, 5.74) is 54.3. The molecule has 45 nitrogen and oxygen atoms in total. The molecule has 1 saturated heterocycles. The van der Waals surface area contributed by atoms with Crippen LogP contribution in [0.25, 0.3) is 0 Å². The second kappa shape index (κ2) is 75.8. The van der Waals surface area contributed by atoms with Crippen molar-refractivity contribution < 1.29 is 96.2 Å². The highest BCUT2D eigenvalue weighted by atomic mass is 16.3. The fourth-order valence-corrected chi connectivity index (χ4v) is 17.2. The molecule has 0 unspecified atom stereocenters. The van der Waals surface area contributed by atoms with Crippen molar-refractivity contribution in [2.45, 2.75) is 403 Å². The molecule has 0 aromatic rings. The smallest absolute Gasteiger partial charge is 0.245 e. The Kier molecular flexibility index (Phi) is 69.8. The van der Waals surface area contributed by atoms with Gasteiger partial charge in [0.25, 0.3) is 0 Å². The number of guanidine groups is 4. The van der Waals surface area contributed by atoms with Gasteiger partial charge in [0.15, 0.2) is 58.5 Å². The van der Waals surface area contributed by atoms with Crippen LogP contribution in [0.5, 0.6) is 0 Å². The molecular weight excluding hydrogens is 1920 g/mol. The zero-order valence-electron chi connectivity index (χ0n) is 92.4. The Labute approximate surface area is 882 Å². The number of aliphatic hydroxyl groups is 1. The molecular formula is C104H189N25O20. The number of likely N-dealkylation sites (tertiary alicyclic amines) is 1. The number of aliphatic hydroxyl groups excluding tert-OH is 1. The number of aliphatic imine (C=N–C) groups is 4. The largest absolute Gasteiger partial charge is 0.396 e. The lowest BCUT2D eigenvalue weighted by atomic mass is 9.87. The Hall–Kier alpha value is -11.8. The van der Waals surface area contributed by atoms with Crippen molar-refractivity contribution in [3.63, 3.8) is 0 Å². The van der Waals surface area contributed by atoms with E-state index in [0.29, 0.717) is 64.3 Å². The number of nitrogens with two attached hydrogens (primary N) is 10. The van der Waals surface area contributed by atoms with Gasteiger partial charge in [0.1, 0.15) is 24.2 Å². The minimum Gasteiger partial charge on any atom is -0.396 e. The van der Waals surface area contributed by atoms with Gasteiger partial charge in [-0.3, -0.25) is 111 Å². The second-order valence-corrected chi connectivity index (χ2v) is 41.8. The lowest BCUT2D eigenvalue weighted by Gasteiger charge is -2.32. The number of unbranched alkanes of at least 4 members (excludes halogenated alkanes) is 12. The molecule has 0 saturated carbocycles. The molecule has 1 fully saturated rings. The van der Waals surface area contributed by atoms with E-state index in [1.54, 1.807) is 69.2 Å². The first-order valence-electron chi connectivity index (χ1n) is 53.8. The van der Waals surface area contributed by atoms with Crippen molar-refractivity contribution >= 4 is 135 Å². The molecule has 0 spiro atoms. The zero-order chi connectivity index (χ0) is 113. The minimum atomic E-state index is -1.38. The van der Waals surface area contributed by atoms with Crippen LogP contribution in [-0.4, -0.2) is 252 Å². The zero-order valence-corrected chi connectivity index (χ0v) is 92.4. The maximum absolute atomic E-state index is 14.8.